The minimum atomic E-state index is -4.35. The van der Waals surface area contributed by atoms with E-state index in [-0.39, 0.29) is 11.6 Å². The van der Waals surface area contributed by atoms with Crippen LogP contribution in [0.25, 0.3) is 0 Å². The SMILES string of the molecule is CNC(CCC(C)(C)OC)c1ccc(C(F)(F)F)cn1. The van der Waals surface area contributed by atoms with Gasteiger partial charge in [0.25, 0.3) is 0 Å². The average Bonchev–Trinajstić information content (AvgIpc) is 2.39. The number of hydrogen-bond donors (Lipinski definition) is 1. The van der Waals surface area contributed by atoms with Gasteiger partial charge in [-0.25, -0.2) is 0 Å². The fourth-order valence-electron chi connectivity index (χ4n) is 1.81. The number of hydrogen-bond acceptors (Lipinski definition) is 3. The Kier molecular flexibility index (Phi) is 5.53. The average molecular weight is 290 g/mol. The van der Waals surface area contributed by atoms with E-state index in [4.69, 9.17) is 4.74 Å². The zero-order valence-electron chi connectivity index (χ0n) is 12.2. The molecule has 0 aliphatic heterocycles. The van der Waals surface area contributed by atoms with E-state index in [0.29, 0.717) is 5.69 Å². The van der Waals surface area contributed by atoms with Crippen molar-refractivity contribution in [3.8, 4) is 0 Å². The standard InChI is InChI=1S/C14H21F3N2O/c1-13(2,20-4)8-7-11(18-3)12-6-5-10(9-19-12)14(15,16)17/h5-6,9,11,18H,7-8H2,1-4H3. The highest BCUT2D eigenvalue weighted by Gasteiger charge is 2.31. The molecule has 0 aromatic carbocycles. The van der Waals surface area contributed by atoms with Gasteiger partial charge in [-0.1, -0.05) is 0 Å². The second-order valence-corrected chi connectivity index (χ2v) is 5.31. The lowest BCUT2D eigenvalue weighted by molar-refractivity contribution is -0.137. The second-order valence-electron chi connectivity index (χ2n) is 5.31. The zero-order chi connectivity index (χ0) is 15.4. The summed E-state index contributed by atoms with van der Waals surface area (Å²) in [5.74, 6) is 0. The summed E-state index contributed by atoms with van der Waals surface area (Å²) in [6, 6.07) is 2.39. The maximum absolute atomic E-state index is 12.5. The van der Waals surface area contributed by atoms with E-state index in [2.05, 4.69) is 10.3 Å². The fourth-order valence-corrected chi connectivity index (χ4v) is 1.81. The Morgan fingerprint density at radius 2 is 1.95 bits per heavy atom. The molecule has 0 saturated carbocycles. The van der Waals surface area contributed by atoms with Gasteiger partial charge in [0.2, 0.25) is 0 Å². The lowest BCUT2D eigenvalue weighted by Gasteiger charge is -2.25. The van der Waals surface area contributed by atoms with Gasteiger partial charge >= 0.3 is 6.18 Å². The smallest absolute Gasteiger partial charge is 0.379 e. The van der Waals surface area contributed by atoms with Gasteiger partial charge in [0.1, 0.15) is 0 Å². The van der Waals surface area contributed by atoms with Crippen LogP contribution in [0.15, 0.2) is 18.3 Å². The molecule has 0 fully saturated rings. The van der Waals surface area contributed by atoms with Crippen molar-refractivity contribution in [1.82, 2.24) is 10.3 Å². The van der Waals surface area contributed by atoms with Crippen LogP contribution in [0, 0.1) is 0 Å². The Bertz CT molecular complexity index is 415. The Hall–Kier alpha value is -1.14. The normalized spacial score (nSPS) is 14.3. The summed E-state index contributed by atoms with van der Waals surface area (Å²) in [6.07, 6.45) is -1.97. The second kappa shape index (κ2) is 6.54. The molecule has 1 rings (SSSR count). The van der Waals surface area contributed by atoms with Gasteiger partial charge in [-0.2, -0.15) is 13.2 Å². The summed E-state index contributed by atoms with van der Waals surface area (Å²) in [5, 5.41) is 3.07. The molecule has 1 atom stereocenters. The largest absolute Gasteiger partial charge is 0.417 e. The van der Waals surface area contributed by atoms with Gasteiger partial charge in [-0.3, -0.25) is 4.98 Å². The highest BCUT2D eigenvalue weighted by molar-refractivity contribution is 5.19. The Morgan fingerprint density at radius 1 is 1.30 bits per heavy atom. The predicted molar refractivity (Wildman–Crippen MR) is 71.4 cm³/mol. The van der Waals surface area contributed by atoms with E-state index < -0.39 is 11.7 Å². The van der Waals surface area contributed by atoms with E-state index in [9.17, 15) is 13.2 Å². The molecule has 0 saturated heterocycles. The van der Waals surface area contributed by atoms with Crippen LogP contribution in [0.3, 0.4) is 0 Å². The molecule has 0 radical (unpaired) electrons. The van der Waals surface area contributed by atoms with Crippen molar-refractivity contribution in [1.29, 1.82) is 0 Å². The van der Waals surface area contributed by atoms with Crippen molar-refractivity contribution in [3.05, 3.63) is 29.6 Å². The van der Waals surface area contributed by atoms with Crippen LogP contribution in [-0.4, -0.2) is 24.7 Å². The molecular weight excluding hydrogens is 269 g/mol. The lowest BCUT2D eigenvalue weighted by atomic mass is 9.97. The van der Waals surface area contributed by atoms with Crippen LogP contribution in [0.5, 0.6) is 0 Å². The number of alkyl halides is 3. The maximum Gasteiger partial charge on any atom is 0.417 e. The van der Waals surface area contributed by atoms with Crippen molar-refractivity contribution in [2.45, 2.75) is 44.5 Å². The van der Waals surface area contributed by atoms with Gasteiger partial charge in [0.05, 0.1) is 16.9 Å². The van der Waals surface area contributed by atoms with Crippen molar-refractivity contribution >= 4 is 0 Å². The summed E-state index contributed by atoms with van der Waals surface area (Å²) >= 11 is 0. The van der Waals surface area contributed by atoms with Crippen LogP contribution in [0.4, 0.5) is 13.2 Å². The first-order chi connectivity index (χ1) is 9.19. The number of ether oxygens (including phenoxy) is 1. The van der Waals surface area contributed by atoms with Crippen LogP contribution in [0.1, 0.15) is 44.0 Å². The van der Waals surface area contributed by atoms with Crippen molar-refractivity contribution in [2.24, 2.45) is 0 Å². The van der Waals surface area contributed by atoms with E-state index in [1.54, 1.807) is 14.2 Å². The van der Waals surface area contributed by atoms with Gasteiger partial charge in [-0.15, -0.1) is 0 Å². The number of pyridine rings is 1. The molecule has 1 unspecified atom stereocenters. The van der Waals surface area contributed by atoms with Crippen LogP contribution in [-0.2, 0) is 10.9 Å². The number of aromatic nitrogens is 1. The highest BCUT2D eigenvalue weighted by Crippen LogP contribution is 2.30. The van der Waals surface area contributed by atoms with Crippen molar-refractivity contribution in [3.63, 3.8) is 0 Å². The predicted octanol–water partition coefficient (Wildman–Crippen LogP) is 3.57. The topological polar surface area (TPSA) is 34.1 Å². The molecule has 1 heterocycles. The Labute approximate surface area is 117 Å². The van der Waals surface area contributed by atoms with E-state index in [0.717, 1.165) is 25.1 Å². The minimum Gasteiger partial charge on any atom is -0.379 e. The third-order valence-corrected chi connectivity index (χ3v) is 3.41. The lowest BCUT2D eigenvalue weighted by Crippen LogP contribution is -2.26. The minimum absolute atomic E-state index is 0.0910. The molecule has 0 bridgehead atoms. The summed E-state index contributed by atoms with van der Waals surface area (Å²) in [6.45, 7) is 3.94. The number of methoxy groups -OCH3 is 1. The number of rotatable bonds is 6. The molecule has 1 aromatic heterocycles. The Morgan fingerprint density at radius 3 is 2.35 bits per heavy atom. The first kappa shape index (κ1) is 16.9. The van der Waals surface area contributed by atoms with Gasteiger partial charge < -0.3 is 10.1 Å². The van der Waals surface area contributed by atoms with E-state index >= 15 is 0 Å². The number of halogens is 3. The number of nitrogens with one attached hydrogen (secondary N) is 1. The molecule has 0 spiro atoms. The molecule has 114 valence electrons. The molecule has 0 aliphatic carbocycles. The number of nitrogens with zero attached hydrogens (tertiary/aromatic N) is 1. The monoisotopic (exact) mass is 290 g/mol. The van der Waals surface area contributed by atoms with Crippen LogP contribution >= 0.6 is 0 Å². The quantitative estimate of drug-likeness (QED) is 0.869. The highest BCUT2D eigenvalue weighted by atomic mass is 19.4. The van der Waals surface area contributed by atoms with Crippen molar-refractivity contribution in [2.75, 3.05) is 14.2 Å². The molecular formula is C14H21F3N2O. The van der Waals surface area contributed by atoms with E-state index in [1.165, 1.54) is 6.07 Å². The van der Waals surface area contributed by atoms with Gasteiger partial charge in [0, 0.05) is 19.3 Å². The first-order valence-electron chi connectivity index (χ1n) is 6.45. The molecule has 3 nitrogen and oxygen atoms in total. The molecule has 0 amide bonds. The summed E-state index contributed by atoms with van der Waals surface area (Å²) in [4.78, 5) is 3.92. The molecule has 6 heteroatoms. The van der Waals surface area contributed by atoms with E-state index in [1.807, 2.05) is 13.8 Å². The first-order valence-corrected chi connectivity index (χ1v) is 6.45. The van der Waals surface area contributed by atoms with Crippen LogP contribution < -0.4 is 5.32 Å². The van der Waals surface area contributed by atoms with Gasteiger partial charge in [0.15, 0.2) is 0 Å². The maximum atomic E-state index is 12.5. The zero-order valence-corrected chi connectivity index (χ0v) is 12.2. The Balaban J connectivity index is 2.76. The molecule has 1 N–H and O–H groups in total. The summed E-state index contributed by atoms with van der Waals surface area (Å²) in [7, 11) is 3.41. The van der Waals surface area contributed by atoms with Crippen molar-refractivity contribution < 1.29 is 17.9 Å². The third kappa shape index (κ3) is 4.76. The molecule has 1 aromatic rings. The fraction of sp³-hybridized carbons (Fsp3) is 0.643. The molecule has 20 heavy (non-hydrogen) atoms. The van der Waals surface area contributed by atoms with Crippen LogP contribution in [0.2, 0.25) is 0 Å². The summed E-state index contributed by atoms with van der Waals surface area (Å²) in [5.41, 5.74) is -0.387. The van der Waals surface area contributed by atoms with Gasteiger partial charge in [-0.05, 0) is 45.9 Å². The molecule has 0 aliphatic rings. The third-order valence-electron chi connectivity index (χ3n) is 3.41. The summed E-state index contributed by atoms with van der Waals surface area (Å²) < 4.78 is 42.8.